The second-order valence-corrected chi connectivity index (χ2v) is 12.1. The van der Waals surface area contributed by atoms with E-state index in [1.807, 2.05) is 20.8 Å². The summed E-state index contributed by atoms with van der Waals surface area (Å²) >= 11 is 1.40. The fourth-order valence-corrected chi connectivity index (χ4v) is 3.44. The summed E-state index contributed by atoms with van der Waals surface area (Å²) in [6.45, 7) is 17.1. The van der Waals surface area contributed by atoms with Crippen LogP contribution in [0, 0.1) is 5.92 Å². The molecular formula is C13H28O2SSi. The molecule has 0 amide bonds. The predicted octanol–water partition coefficient (Wildman–Crippen LogP) is 4.31. The summed E-state index contributed by atoms with van der Waals surface area (Å²) in [5, 5.41) is 0.445. The Bertz CT molecular complexity index is 259. The average molecular weight is 277 g/mol. The molecule has 0 aromatic rings. The molecule has 0 unspecified atom stereocenters. The van der Waals surface area contributed by atoms with Gasteiger partial charge in [-0.2, -0.15) is 0 Å². The molecule has 2 atom stereocenters. The maximum absolute atomic E-state index is 11.8. The van der Waals surface area contributed by atoms with Gasteiger partial charge in [-0.25, -0.2) is 0 Å². The lowest BCUT2D eigenvalue weighted by Crippen LogP contribution is -2.45. The van der Waals surface area contributed by atoms with E-state index in [0.29, 0.717) is 0 Å². The Labute approximate surface area is 112 Å². The van der Waals surface area contributed by atoms with Crippen LogP contribution in [-0.2, 0) is 9.22 Å². The van der Waals surface area contributed by atoms with Gasteiger partial charge in [0.25, 0.3) is 0 Å². The minimum Gasteiger partial charge on any atom is -0.413 e. The van der Waals surface area contributed by atoms with Crippen LogP contribution in [0.15, 0.2) is 0 Å². The number of hydrogen-bond donors (Lipinski definition) is 0. The fraction of sp³-hybridized carbons (Fsp3) is 0.923. The minimum absolute atomic E-state index is 0.0161. The third-order valence-electron chi connectivity index (χ3n) is 3.65. The maximum atomic E-state index is 11.8. The first kappa shape index (κ1) is 17.2. The van der Waals surface area contributed by atoms with Gasteiger partial charge in [0.2, 0.25) is 0 Å². The Morgan fingerprint density at radius 1 is 1.29 bits per heavy atom. The van der Waals surface area contributed by atoms with Crippen molar-refractivity contribution in [3.63, 3.8) is 0 Å². The number of carbonyl (C=O) groups excluding carboxylic acids is 1. The van der Waals surface area contributed by atoms with Gasteiger partial charge in [0.05, 0.1) is 12.0 Å². The molecule has 0 aromatic carbocycles. The van der Waals surface area contributed by atoms with Crippen LogP contribution < -0.4 is 0 Å². The van der Waals surface area contributed by atoms with Gasteiger partial charge in [-0.1, -0.05) is 46.4 Å². The zero-order valence-electron chi connectivity index (χ0n) is 12.6. The highest BCUT2D eigenvalue weighted by Gasteiger charge is 2.39. The first-order chi connectivity index (χ1) is 7.53. The quantitative estimate of drug-likeness (QED) is 0.700. The molecule has 0 bridgehead atoms. The lowest BCUT2D eigenvalue weighted by molar-refractivity contribution is -0.116. The summed E-state index contributed by atoms with van der Waals surface area (Å²) in [6.07, 6.45) is 0.0161. The summed E-state index contributed by atoms with van der Waals surface area (Å²) in [5.41, 5.74) is 0. The molecular weight excluding hydrogens is 248 g/mol. The first-order valence-electron chi connectivity index (χ1n) is 6.37. The van der Waals surface area contributed by atoms with Gasteiger partial charge in [0.1, 0.15) is 0 Å². The Kier molecular flexibility index (Phi) is 6.46. The van der Waals surface area contributed by atoms with E-state index in [1.54, 1.807) is 0 Å². The van der Waals surface area contributed by atoms with Crippen molar-refractivity contribution >= 4 is 25.2 Å². The van der Waals surface area contributed by atoms with E-state index in [2.05, 4.69) is 33.9 Å². The lowest BCUT2D eigenvalue weighted by atomic mass is 10.1. The molecule has 0 saturated heterocycles. The number of hydrogen-bond acceptors (Lipinski definition) is 3. The third-order valence-corrected chi connectivity index (χ3v) is 9.17. The Balaban J connectivity index is 4.54. The molecule has 0 fully saturated rings. The highest BCUT2D eigenvalue weighted by molar-refractivity contribution is 8.13. The molecule has 0 spiro atoms. The smallest absolute Gasteiger partial charge is 0.194 e. The van der Waals surface area contributed by atoms with E-state index < -0.39 is 8.32 Å². The molecule has 0 rings (SSSR count). The molecule has 0 aliphatic rings. The zero-order valence-corrected chi connectivity index (χ0v) is 14.4. The third kappa shape index (κ3) is 5.14. The van der Waals surface area contributed by atoms with E-state index in [-0.39, 0.29) is 22.2 Å². The van der Waals surface area contributed by atoms with E-state index in [0.717, 1.165) is 5.75 Å². The molecule has 2 nitrogen and oxygen atoms in total. The van der Waals surface area contributed by atoms with Gasteiger partial charge in [-0.3, -0.25) is 4.79 Å². The first-order valence-corrected chi connectivity index (χ1v) is 10.3. The summed E-state index contributed by atoms with van der Waals surface area (Å²) in [4.78, 5) is 11.8. The SMILES string of the molecule is CCSC(=O)[C@@H](C)[C@@H](C)O[Si](C)(C)C(C)(C)C. The lowest BCUT2D eigenvalue weighted by Gasteiger charge is -2.39. The second-order valence-electron chi connectivity index (χ2n) is 6.12. The van der Waals surface area contributed by atoms with Crippen molar-refractivity contribution in [1.29, 1.82) is 0 Å². The van der Waals surface area contributed by atoms with Crippen LogP contribution in [-0.4, -0.2) is 25.3 Å². The predicted molar refractivity (Wildman–Crippen MR) is 80.0 cm³/mol. The molecule has 0 heterocycles. The Morgan fingerprint density at radius 2 is 1.76 bits per heavy atom. The monoisotopic (exact) mass is 276 g/mol. The van der Waals surface area contributed by atoms with Gasteiger partial charge in [-0.15, -0.1) is 0 Å². The van der Waals surface area contributed by atoms with Crippen molar-refractivity contribution in [2.24, 2.45) is 5.92 Å². The normalized spacial score (nSPS) is 16.7. The Hall–Kier alpha value is 0.197. The summed E-state index contributed by atoms with van der Waals surface area (Å²) in [6, 6.07) is 0. The largest absolute Gasteiger partial charge is 0.413 e. The van der Waals surface area contributed by atoms with Crippen molar-refractivity contribution in [2.75, 3.05) is 5.75 Å². The highest BCUT2D eigenvalue weighted by atomic mass is 32.2. The Morgan fingerprint density at radius 3 is 2.12 bits per heavy atom. The van der Waals surface area contributed by atoms with Crippen LogP contribution in [0.5, 0.6) is 0 Å². The number of rotatable bonds is 5. The molecule has 17 heavy (non-hydrogen) atoms. The molecule has 0 radical (unpaired) electrons. The van der Waals surface area contributed by atoms with Crippen LogP contribution in [0.25, 0.3) is 0 Å². The van der Waals surface area contributed by atoms with Crippen LogP contribution in [0.2, 0.25) is 18.1 Å². The van der Waals surface area contributed by atoms with Gasteiger partial charge < -0.3 is 4.43 Å². The van der Waals surface area contributed by atoms with E-state index in [9.17, 15) is 4.79 Å². The molecule has 4 heteroatoms. The van der Waals surface area contributed by atoms with Crippen molar-refractivity contribution in [1.82, 2.24) is 0 Å². The molecule has 0 aliphatic heterocycles. The van der Waals surface area contributed by atoms with Crippen molar-refractivity contribution in [2.45, 2.75) is 65.8 Å². The van der Waals surface area contributed by atoms with Crippen LogP contribution in [0.1, 0.15) is 41.5 Å². The second kappa shape index (κ2) is 6.39. The standard InChI is InChI=1S/C13H28O2SSi/c1-9-16-12(14)10(2)11(3)15-17(7,8)13(4,5)6/h10-11H,9H2,1-8H3/t10-,11+/m0/s1. The van der Waals surface area contributed by atoms with Crippen molar-refractivity contribution < 1.29 is 9.22 Å². The van der Waals surface area contributed by atoms with E-state index >= 15 is 0 Å². The highest BCUT2D eigenvalue weighted by Crippen LogP contribution is 2.38. The number of carbonyl (C=O) groups is 1. The van der Waals surface area contributed by atoms with Crippen LogP contribution in [0.3, 0.4) is 0 Å². The average Bonchev–Trinajstić information content (AvgIpc) is 2.14. The van der Waals surface area contributed by atoms with Crippen molar-refractivity contribution in [3.8, 4) is 0 Å². The van der Waals surface area contributed by atoms with Gasteiger partial charge in [0, 0.05) is 0 Å². The summed E-state index contributed by atoms with van der Waals surface area (Å²) in [5.74, 6) is 0.824. The van der Waals surface area contributed by atoms with E-state index in [4.69, 9.17) is 4.43 Å². The molecule has 0 aromatic heterocycles. The van der Waals surface area contributed by atoms with Gasteiger partial charge in [-0.05, 0) is 30.8 Å². The molecule has 102 valence electrons. The van der Waals surface area contributed by atoms with E-state index in [1.165, 1.54) is 11.8 Å². The zero-order chi connectivity index (χ0) is 13.9. The molecule has 0 aliphatic carbocycles. The topological polar surface area (TPSA) is 26.3 Å². The van der Waals surface area contributed by atoms with Crippen LogP contribution in [0.4, 0.5) is 0 Å². The molecule has 0 N–H and O–H groups in total. The van der Waals surface area contributed by atoms with Gasteiger partial charge in [0.15, 0.2) is 13.4 Å². The minimum atomic E-state index is -1.76. The van der Waals surface area contributed by atoms with Crippen molar-refractivity contribution in [3.05, 3.63) is 0 Å². The fourth-order valence-electron chi connectivity index (χ4n) is 1.21. The number of thioether (sulfide) groups is 1. The maximum Gasteiger partial charge on any atom is 0.194 e. The van der Waals surface area contributed by atoms with Gasteiger partial charge >= 0.3 is 0 Å². The summed E-state index contributed by atoms with van der Waals surface area (Å²) in [7, 11) is -1.76. The van der Waals surface area contributed by atoms with Crippen LogP contribution >= 0.6 is 11.8 Å². The summed E-state index contributed by atoms with van der Waals surface area (Å²) < 4.78 is 6.24. The molecule has 0 saturated carbocycles.